The van der Waals surface area contributed by atoms with Gasteiger partial charge in [0.2, 0.25) is 5.95 Å². The number of aromatic nitrogens is 2. The Morgan fingerprint density at radius 3 is 2.46 bits per heavy atom. The van der Waals surface area contributed by atoms with Crippen molar-refractivity contribution in [2.24, 2.45) is 0 Å². The molecule has 3 aromatic rings. The predicted octanol–water partition coefficient (Wildman–Crippen LogP) is 3.76. The van der Waals surface area contributed by atoms with E-state index in [-0.39, 0.29) is 17.2 Å². The number of hydrogen-bond donors (Lipinski definition) is 2. The van der Waals surface area contributed by atoms with E-state index in [1.54, 1.807) is 24.3 Å². The molecule has 0 atom stereocenters. The monoisotopic (exact) mass is 356 g/mol. The maximum absolute atomic E-state index is 13.2. The Hall–Kier alpha value is -3.55. The van der Waals surface area contributed by atoms with Crippen LogP contribution in [-0.2, 0) is 0 Å². The molecular formula is C18H14F2N4O2. The smallest absolute Gasteiger partial charge is 0.258 e. The molecule has 132 valence electrons. The maximum Gasteiger partial charge on any atom is 0.258 e. The lowest BCUT2D eigenvalue weighted by molar-refractivity contribution is 0.102. The highest BCUT2D eigenvalue weighted by Crippen LogP contribution is 2.18. The highest BCUT2D eigenvalue weighted by molar-refractivity contribution is 6.04. The van der Waals surface area contributed by atoms with Crippen molar-refractivity contribution in [3.05, 3.63) is 72.1 Å². The molecule has 3 rings (SSSR count). The molecule has 1 heterocycles. The van der Waals surface area contributed by atoms with Crippen LogP contribution < -0.4 is 15.4 Å². The van der Waals surface area contributed by atoms with E-state index in [0.29, 0.717) is 11.4 Å². The molecular weight excluding hydrogens is 342 g/mol. The lowest BCUT2D eigenvalue weighted by atomic mass is 10.2. The number of anilines is 3. The molecule has 0 unspecified atom stereocenters. The summed E-state index contributed by atoms with van der Waals surface area (Å²) in [6.07, 6.45) is 2.65. The van der Waals surface area contributed by atoms with Crippen LogP contribution in [0.1, 0.15) is 10.4 Å². The summed E-state index contributed by atoms with van der Waals surface area (Å²) in [5, 5.41) is 5.43. The van der Waals surface area contributed by atoms with Crippen LogP contribution in [0.15, 0.2) is 54.9 Å². The fourth-order valence-corrected chi connectivity index (χ4v) is 2.12. The van der Waals surface area contributed by atoms with Gasteiger partial charge in [-0.25, -0.2) is 18.7 Å². The lowest BCUT2D eigenvalue weighted by Crippen LogP contribution is -2.13. The van der Waals surface area contributed by atoms with Crippen molar-refractivity contribution in [3.8, 4) is 5.75 Å². The van der Waals surface area contributed by atoms with Gasteiger partial charge in [0.25, 0.3) is 5.91 Å². The molecule has 26 heavy (non-hydrogen) atoms. The molecule has 0 spiro atoms. The number of carbonyl (C=O) groups is 1. The van der Waals surface area contributed by atoms with Gasteiger partial charge >= 0.3 is 0 Å². The fraction of sp³-hybridized carbons (Fsp3) is 0.0556. The van der Waals surface area contributed by atoms with E-state index >= 15 is 0 Å². The molecule has 0 fully saturated rings. The van der Waals surface area contributed by atoms with Crippen LogP contribution in [-0.4, -0.2) is 23.0 Å². The summed E-state index contributed by atoms with van der Waals surface area (Å²) in [7, 11) is 1.54. The highest BCUT2D eigenvalue weighted by atomic mass is 19.2. The number of carbonyl (C=O) groups excluding carboxylic acids is 1. The standard InChI is InChI=1S/C18H14F2N4O2/c1-26-14-4-2-3-12(7-14)23-17(25)11-9-21-18(22-10-11)24-13-5-6-15(19)16(20)8-13/h2-10H,1H3,(H,23,25)(H,21,22,24). The van der Waals surface area contributed by atoms with E-state index in [1.807, 2.05) is 0 Å². The SMILES string of the molecule is COc1cccc(NC(=O)c2cnc(Nc3ccc(F)c(F)c3)nc2)c1. The minimum Gasteiger partial charge on any atom is -0.497 e. The van der Waals surface area contributed by atoms with E-state index in [4.69, 9.17) is 4.74 Å². The largest absolute Gasteiger partial charge is 0.497 e. The number of nitrogens with zero attached hydrogens (tertiary/aromatic N) is 2. The Balaban J connectivity index is 1.68. The third-order valence-corrected chi connectivity index (χ3v) is 3.42. The Kier molecular flexibility index (Phi) is 5.02. The van der Waals surface area contributed by atoms with Crippen molar-refractivity contribution in [2.75, 3.05) is 17.7 Å². The number of amides is 1. The third kappa shape index (κ3) is 4.10. The molecule has 0 saturated carbocycles. The Labute approximate surface area is 147 Å². The zero-order chi connectivity index (χ0) is 18.5. The molecule has 8 heteroatoms. The third-order valence-electron chi connectivity index (χ3n) is 3.42. The molecule has 0 aliphatic carbocycles. The predicted molar refractivity (Wildman–Crippen MR) is 92.6 cm³/mol. The first kappa shape index (κ1) is 17.3. The van der Waals surface area contributed by atoms with Gasteiger partial charge in [0.1, 0.15) is 5.75 Å². The van der Waals surface area contributed by atoms with E-state index < -0.39 is 17.5 Å². The van der Waals surface area contributed by atoms with Crippen LogP contribution in [0.25, 0.3) is 0 Å². The molecule has 0 aliphatic rings. The summed E-state index contributed by atoms with van der Waals surface area (Å²) < 4.78 is 31.2. The molecule has 0 bridgehead atoms. The van der Waals surface area contributed by atoms with Gasteiger partial charge in [-0.1, -0.05) is 6.07 Å². The topological polar surface area (TPSA) is 76.1 Å². The summed E-state index contributed by atoms with van der Waals surface area (Å²) >= 11 is 0. The Morgan fingerprint density at radius 2 is 1.77 bits per heavy atom. The van der Waals surface area contributed by atoms with Gasteiger partial charge in [0.05, 0.1) is 12.7 Å². The average Bonchev–Trinajstić information content (AvgIpc) is 2.65. The molecule has 0 aliphatic heterocycles. The first-order valence-electron chi connectivity index (χ1n) is 7.54. The molecule has 1 amide bonds. The van der Waals surface area contributed by atoms with Crippen LogP contribution in [0.3, 0.4) is 0 Å². The van der Waals surface area contributed by atoms with Crippen LogP contribution in [0, 0.1) is 11.6 Å². The lowest BCUT2D eigenvalue weighted by Gasteiger charge is -2.08. The highest BCUT2D eigenvalue weighted by Gasteiger charge is 2.09. The van der Waals surface area contributed by atoms with E-state index in [9.17, 15) is 13.6 Å². The minimum absolute atomic E-state index is 0.147. The van der Waals surface area contributed by atoms with Gasteiger partial charge in [-0.3, -0.25) is 4.79 Å². The maximum atomic E-state index is 13.2. The zero-order valence-electron chi connectivity index (χ0n) is 13.7. The van der Waals surface area contributed by atoms with Crippen molar-refractivity contribution >= 4 is 23.2 Å². The van der Waals surface area contributed by atoms with Gasteiger partial charge in [-0.2, -0.15) is 0 Å². The molecule has 0 radical (unpaired) electrons. The van der Waals surface area contributed by atoms with Gasteiger partial charge in [-0.15, -0.1) is 0 Å². The second-order valence-electron chi connectivity index (χ2n) is 5.24. The van der Waals surface area contributed by atoms with Gasteiger partial charge in [0, 0.05) is 35.9 Å². The molecule has 0 saturated heterocycles. The number of ether oxygens (including phenoxy) is 1. The van der Waals surface area contributed by atoms with E-state index in [0.717, 1.165) is 12.1 Å². The van der Waals surface area contributed by atoms with Gasteiger partial charge < -0.3 is 15.4 Å². The first-order chi connectivity index (χ1) is 12.5. The van der Waals surface area contributed by atoms with Crippen LogP contribution >= 0.6 is 0 Å². The summed E-state index contributed by atoms with van der Waals surface area (Å²) in [5.74, 6) is -1.55. The van der Waals surface area contributed by atoms with Crippen molar-refractivity contribution in [1.82, 2.24) is 9.97 Å². The number of benzene rings is 2. The molecule has 6 nitrogen and oxygen atoms in total. The number of halogens is 2. The molecule has 1 aromatic heterocycles. The molecule has 2 aromatic carbocycles. The summed E-state index contributed by atoms with van der Waals surface area (Å²) in [5.41, 5.74) is 1.10. The van der Waals surface area contributed by atoms with Crippen molar-refractivity contribution in [1.29, 1.82) is 0 Å². The second-order valence-corrected chi connectivity index (χ2v) is 5.24. The van der Waals surface area contributed by atoms with E-state index in [1.165, 1.54) is 25.6 Å². The van der Waals surface area contributed by atoms with E-state index in [2.05, 4.69) is 20.6 Å². The summed E-state index contributed by atoms with van der Waals surface area (Å²) in [6, 6.07) is 10.2. The molecule has 2 N–H and O–H groups in total. The zero-order valence-corrected chi connectivity index (χ0v) is 13.7. The van der Waals surface area contributed by atoms with Crippen LogP contribution in [0.4, 0.5) is 26.1 Å². The van der Waals surface area contributed by atoms with Gasteiger partial charge in [0.15, 0.2) is 11.6 Å². The average molecular weight is 356 g/mol. The normalized spacial score (nSPS) is 10.3. The number of hydrogen-bond acceptors (Lipinski definition) is 5. The van der Waals surface area contributed by atoms with Crippen LogP contribution in [0.5, 0.6) is 5.75 Å². The number of methoxy groups -OCH3 is 1. The van der Waals surface area contributed by atoms with Crippen molar-refractivity contribution in [2.45, 2.75) is 0 Å². The first-order valence-corrected chi connectivity index (χ1v) is 7.54. The van der Waals surface area contributed by atoms with Gasteiger partial charge in [-0.05, 0) is 24.3 Å². The number of nitrogens with one attached hydrogen (secondary N) is 2. The fourth-order valence-electron chi connectivity index (χ4n) is 2.12. The quantitative estimate of drug-likeness (QED) is 0.728. The summed E-state index contributed by atoms with van der Waals surface area (Å²) in [6.45, 7) is 0. The Bertz CT molecular complexity index is 933. The Morgan fingerprint density at radius 1 is 1.00 bits per heavy atom. The van der Waals surface area contributed by atoms with Crippen LogP contribution in [0.2, 0.25) is 0 Å². The second kappa shape index (κ2) is 7.56. The minimum atomic E-state index is -0.982. The summed E-state index contributed by atoms with van der Waals surface area (Å²) in [4.78, 5) is 20.2. The van der Waals surface area contributed by atoms with Crippen molar-refractivity contribution in [3.63, 3.8) is 0 Å². The van der Waals surface area contributed by atoms with Crippen molar-refractivity contribution < 1.29 is 18.3 Å². The number of rotatable bonds is 5.